The molecular formula is C14H21NO. The molecule has 0 fully saturated rings. The van der Waals surface area contributed by atoms with Crippen LogP contribution in [0.3, 0.4) is 0 Å². The van der Waals surface area contributed by atoms with Crippen molar-refractivity contribution in [2.24, 2.45) is 0 Å². The van der Waals surface area contributed by atoms with Crippen LogP contribution in [0.5, 0.6) is 0 Å². The molecule has 16 heavy (non-hydrogen) atoms. The molecular weight excluding hydrogens is 198 g/mol. The fraction of sp³-hybridized carbons (Fsp3) is 0.571. The number of allylic oxidation sites excluding steroid dienone is 1. The molecule has 2 nitrogen and oxygen atoms in total. The summed E-state index contributed by atoms with van der Waals surface area (Å²) in [4.78, 5) is 0. The summed E-state index contributed by atoms with van der Waals surface area (Å²) < 4.78 is 5.76. The molecule has 1 aromatic heterocycles. The number of nitrogens with one attached hydrogen (secondary N) is 1. The molecule has 2 rings (SSSR count). The van der Waals surface area contributed by atoms with E-state index in [0.717, 1.165) is 24.4 Å². The first-order valence-corrected chi connectivity index (χ1v) is 6.29. The molecule has 0 saturated heterocycles. The molecule has 0 saturated carbocycles. The van der Waals surface area contributed by atoms with Crippen LogP contribution in [0, 0.1) is 0 Å². The summed E-state index contributed by atoms with van der Waals surface area (Å²) in [5.41, 5.74) is 0. The van der Waals surface area contributed by atoms with Gasteiger partial charge in [-0.15, -0.1) is 0 Å². The van der Waals surface area contributed by atoms with Crippen LogP contribution in [0.25, 0.3) is 0 Å². The molecule has 1 heterocycles. The van der Waals surface area contributed by atoms with Gasteiger partial charge >= 0.3 is 0 Å². The van der Waals surface area contributed by atoms with Crippen molar-refractivity contribution in [3.63, 3.8) is 0 Å². The van der Waals surface area contributed by atoms with Gasteiger partial charge in [-0.1, -0.05) is 19.1 Å². The summed E-state index contributed by atoms with van der Waals surface area (Å²) in [6, 6.07) is 5.09. The third kappa shape index (κ3) is 2.76. The van der Waals surface area contributed by atoms with E-state index in [-0.39, 0.29) is 0 Å². The molecule has 88 valence electrons. The lowest BCUT2D eigenvalue weighted by Gasteiger charge is -2.23. The topological polar surface area (TPSA) is 25.2 Å². The first kappa shape index (κ1) is 11.5. The zero-order chi connectivity index (χ0) is 11.4. The van der Waals surface area contributed by atoms with Crippen LogP contribution in [0.1, 0.15) is 50.7 Å². The highest BCUT2D eigenvalue weighted by Gasteiger charge is 2.16. The van der Waals surface area contributed by atoms with Crippen LogP contribution in [-0.2, 0) is 6.42 Å². The minimum Gasteiger partial charge on any atom is -0.464 e. The normalized spacial score (nSPS) is 22.2. The summed E-state index contributed by atoms with van der Waals surface area (Å²) in [6.45, 7) is 4.29. The van der Waals surface area contributed by atoms with E-state index in [4.69, 9.17) is 4.42 Å². The third-order valence-corrected chi connectivity index (χ3v) is 3.21. The van der Waals surface area contributed by atoms with Crippen molar-refractivity contribution in [1.29, 1.82) is 0 Å². The molecule has 0 bridgehead atoms. The predicted octanol–water partition coefficient (Wildman–Crippen LogP) is 3.60. The molecule has 0 aromatic carbocycles. The Morgan fingerprint density at radius 1 is 1.44 bits per heavy atom. The molecule has 2 atom stereocenters. The van der Waals surface area contributed by atoms with Crippen LogP contribution < -0.4 is 5.32 Å². The van der Waals surface area contributed by atoms with Crippen LogP contribution >= 0.6 is 0 Å². The molecule has 1 aliphatic carbocycles. The van der Waals surface area contributed by atoms with Gasteiger partial charge < -0.3 is 9.73 Å². The highest BCUT2D eigenvalue weighted by Crippen LogP contribution is 2.20. The van der Waals surface area contributed by atoms with E-state index in [1.165, 1.54) is 12.8 Å². The van der Waals surface area contributed by atoms with E-state index in [2.05, 4.69) is 43.4 Å². The fourth-order valence-electron chi connectivity index (χ4n) is 2.20. The number of furan rings is 1. The Balaban J connectivity index is 1.91. The van der Waals surface area contributed by atoms with Crippen molar-refractivity contribution in [2.75, 3.05) is 0 Å². The maximum atomic E-state index is 5.76. The summed E-state index contributed by atoms with van der Waals surface area (Å²) in [7, 11) is 0. The van der Waals surface area contributed by atoms with E-state index in [9.17, 15) is 0 Å². The minimum absolute atomic E-state index is 0.316. The lowest BCUT2D eigenvalue weighted by molar-refractivity contribution is 0.363. The third-order valence-electron chi connectivity index (χ3n) is 3.21. The monoisotopic (exact) mass is 219 g/mol. The maximum Gasteiger partial charge on any atom is 0.120 e. The Hall–Kier alpha value is -1.02. The Bertz CT molecular complexity index is 353. The zero-order valence-corrected chi connectivity index (χ0v) is 10.2. The Kier molecular flexibility index (Phi) is 3.83. The molecule has 1 aliphatic rings. The van der Waals surface area contributed by atoms with Crippen LogP contribution in [0.2, 0.25) is 0 Å². The molecule has 1 aromatic rings. The lowest BCUT2D eigenvalue weighted by Crippen LogP contribution is -2.31. The Labute approximate surface area is 97.7 Å². The number of rotatable bonds is 4. The van der Waals surface area contributed by atoms with Crippen molar-refractivity contribution < 1.29 is 4.42 Å². The van der Waals surface area contributed by atoms with Gasteiger partial charge in [0.1, 0.15) is 11.5 Å². The second-order valence-electron chi connectivity index (χ2n) is 4.53. The summed E-state index contributed by atoms with van der Waals surface area (Å²) >= 11 is 0. The van der Waals surface area contributed by atoms with Crippen molar-refractivity contribution in [2.45, 2.75) is 51.6 Å². The molecule has 0 aliphatic heterocycles. The summed E-state index contributed by atoms with van der Waals surface area (Å²) in [5, 5.41) is 3.63. The average molecular weight is 219 g/mol. The fourth-order valence-corrected chi connectivity index (χ4v) is 2.20. The number of aryl methyl sites for hydroxylation is 1. The molecule has 0 spiro atoms. The van der Waals surface area contributed by atoms with Crippen molar-refractivity contribution in [1.82, 2.24) is 5.32 Å². The van der Waals surface area contributed by atoms with Crippen LogP contribution in [0.4, 0.5) is 0 Å². The smallest absolute Gasteiger partial charge is 0.120 e. The molecule has 2 heteroatoms. The molecule has 2 unspecified atom stereocenters. The quantitative estimate of drug-likeness (QED) is 0.783. The van der Waals surface area contributed by atoms with E-state index < -0.39 is 0 Å². The van der Waals surface area contributed by atoms with Crippen molar-refractivity contribution >= 4 is 0 Å². The zero-order valence-electron chi connectivity index (χ0n) is 10.2. The van der Waals surface area contributed by atoms with Crippen molar-refractivity contribution in [3.05, 3.63) is 35.8 Å². The van der Waals surface area contributed by atoms with Gasteiger partial charge in [-0.2, -0.15) is 0 Å². The van der Waals surface area contributed by atoms with Gasteiger partial charge in [0.15, 0.2) is 0 Å². The van der Waals surface area contributed by atoms with Gasteiger partial charge in [0.2, 0.25) is 0 Å². The van der Waals surface area contributed by atoms with E-state index >= 15 is 0 Å². The highest BCUT2D eigenvalue weighted by atomic mass is 16.3. The van der Waals surface area contributed by atoms with Crippen LogP contribution in [-0.4, -0.2) is 6.04 Å². The minimum atomic E-state index is 0.316. The van der Waals surface area contributed by atoms with Gasteiger partial charge in [0.25, 0.3) is 0 Å². The van der Waals surface area contributed by atoms with E-state index in [1.807, 2.05) is 0 Å². The second kappa shape index (κ2) is 5.35. The standard InChI is InChI=1S/C14H21NO/c1-3-13-9-10-14(16-13)11(2)15-12-7-5-4-6-8-12/h4-5,9-12,15H,3,6-8H2,1-2H3. The number of hydrogen-bond acceptors (Lipinski definition) is 2. The summed E-state index contributed by atoms with van der Waals surface area (Å²) in [6.07, 6.45) is 9.09. The molecule has 0 radical (unpaired) electrons. The summed E-state index contributed by atoms with van der Waals surface area (Å²) in [5.74, 6) is 2.14. The van der Waals surface area contributed by atoms with Gasteiger partial charge in [-0.3, -0.25) is 0 Å². The van der Waals surface area contributed by atoms with E-state index in [1.54, 1.807) is 0 Å². The maximum absolute atomic E-state index is 5.76. The Morgan fingerprint density at radius 3 is 2.94 bits per heavy atom. The lowest BCUT2D eigenvalue weighted by atomic mass is 10.0. The first-order valence-electron chi connectivity index (χ1n) is 6.29. The van der Waals surface area contributed by atoms with Crippen LogP contribution in [0.15, 0.2) is 28.7 Å². The highest BCUT2D eigenvalue weighted by molar-refractivity contribution is 5.10. The molecule has 1 N–H and O–H groups in total. The SMILES string of the molecule is CCc1ccc(C(C)NC2CC=CCC2)o1. The van der Waals surface area contributed by atoms with Gasteiger partial charge in [-0.25, -0.2) is 0 Å². The Morgan fingerprint density at radius 2 is 2.31 bits per heavy atom. The largest absolute Gasteiger partial charge is 0.464 e. The molecule has 0 amide bonds. The van der Waals surface area contributed by atoms with Gasteiger partial charge in [-0.05, 0) is 38.3 Å². The second-order valence-corrected chi connectivity index (χ2v) is 4.53. The van der Waals surface area contributed by atoms with Gasteiger partial charge in [0.05, 0.1) is 6.04 Å². The average Bonchev–Trinajstić information content (AvgIpc) is 2.79. The predicted molar refractivity (Wildman–Crippen MR) is 66.4 cm³/mol. The number of hydrogen-bond donors (Lipinski definition) is 1. The van der Waals surface area contributed by atoms with Gasteiger partial charge in [0, 0.05) is 12.5 Å². The van der Waals surface area contributed by atoms with E-state index in [0.29, 0.717) is 12.1 Å². The first-order chi connectivity index (χ1) is 7.79. The van der Waals surface area contributed by atoms with Crippen molar-refractivity contribution in [3.8, 4) is 0 Å².